The van der Waals surface area contributed by atoms with Gasteiger partial charge in [-0.25, -0.2) is 4.39 Å². The SMILES string of the molecule is CN=C(NCCN1C(=O)CCCC1=O)N1CCN(c2ccc(F)cc2)CC1.I. The van der Waals surface area contributed by atoms with E-state index in [2.05, 4.69) is 20.1 Å². The summed E-state index contributed by atoms with van der Waals surface area (Å²) in [7, 11) is 1.73. The van der Waals surface area contributed by atoms with E-state index in [-0.39, 0.29) is 41.6 Å². The number of benzene rings is 1. The second-order valence-corrected chi connectivity index (χ2v) is 6.72. The first-order valence-electron chi connectivity index (χ1n) is 9.38. The number of likely N-dealkylation sites (tertiary alicyclic amines) is 1. The third-order valence-electron chi connectivity index (χ3n) is 4.98. The van der Waals surface area contributed by atoms with Gasteiger partial charge in [-0.2, -0.15) is 0 Å². The quantitative estimate of drug-likeness (QED) is 0.293. The van der Waals surface area contributed by atoms with Crippen LogP contribution in [0.3, 0.4) is 0 Å². The zero-order valence-electron chi connectivity index (χ0n) is 16.1. The summed E-state index contributed by atoms with van der Waals surface area (Å²) >= 11 is 0. The van der Waals surface area contributed by atoms with E-state index in [1.165, 1.54) is 17.0 Å². The molecule has 0 saturated carbocycles. The Morgan fingerprint density at radius 1 is 1.07 bits per heavy atom. The van der Waals surface area contributed by atoms with Crippen molar-refractivity contribution in [2.24, 2.45) is 4.99 Å². The number of rotatable bonds is 4. The molecule has 2 heterocycles. The predicted octanol–water partition coefficient (Wildman–Crippen LogP) is 1.68. The summed E-state index contributed by atoms with van der Waals surface area (Å²) in [5.41, 5.74) is 1.01. The van der Waals surface area contributed by atoms with Gasteiger partial charge in [0.15, 0.2) is 5.96 Å². The fourth-order valence-electron chi connectivity index (χ4n) is 3.49. The minimum Gasteiger partial charge on any atom is -0.368 e. The zero-order chi connectivity index (χ0) is 19.2. The smallest absolute Gasteiger partial charge is 0.229 e. The number of carbonyl (C=O) groups excluding carboxylic acids is 2. The van der Waals surface area contributed by atoms with E-state index in [1.54, 1.807) is 19.2 Å². The predicted molar refractivity (Wildman–Crippen MR) is 118 cm³/mol. The number of nitrogens with one attached hydrogen (secondary N) is 1. The van der Waals surface area contributed by atoms with E-state index in [9.17, 15) is 14.0 Å². The van der Waals surface area contributed by atoms with Crippen LogP contribution in [0.2, 0.25) is 0 Å². The van der Waals surface area contributed by atoms with Crippen molar-refractivity contribution in [1.82, 2.24) is 15.1 Å². The largest absolute Gasteiger partial charge is 0.368 e. The van der Waals surface area contributed by atoms with Crippen molar-refractivity contribution < 1.29 is 14.0 Å². The molecule has 1 aromatic carbocycles. The van der Waals surface area contributed by atoms with Gasteiger partial charge in [0.2, 0.25) is 11.8 Å². The van der Waals surface area contributed by atoms with Crippen LogP contribution >= 0.6 is 24.0 Å². The first-order valence-corrected chi connectivity index (χ1v) is 9.38. The number of piperidine rings is 1. The van der Waals surface area contributed by atoms with Crippen LogP contribution in [0.4, 0.5) is 10.1 Å². The summed E-state index contributed by atoms with van der Waals surface area (Å²) in [6, 6.07) is 6.55. The Morgan fingerprint density at radius 2 is 1.68 bits per heavy atom. The Labute approximate surface area is 182 Å². The molecule has 154 valence electrons. The Bertz CT molecular complexity index is 689. The number of piperazine rings is 1. The molecule has 0 aromatic heterocycles. The Hall–Kier alpha value is -1.91. The summed E-state index contributed by atoms with van der Waals surface area (Å²) in [4.78, 5) is 33.7. The van der Waals surface area contributed by atoms with Crippen molar-refractivity contribution in [3.05, 3.63) is 30.1 Å². The Balaban J connectivity index is 0.00000280. The number of amides is 2. The highest BCUT2D eigenvalue weighted by molar-refractivity contribution is 14.0. The van der Waals surface area contributed by atoms with E-state index in [4.69, 9.17) is 0 Å². The molecule has 0 aliphatic carbocycles. The van der Waals surface area contributed by atoms with Crippen LogP contribution in [0.5, 0.6) is 0 Å². The second-order valence-electron chi connectivity index (χ2n) is 6.72. The average molecular weight is 503 g/mol. The van der Waals surface area contributed by atoms with Crippen molar-refractivity contribution in [3.63, 3.8) is 0 Å². The fraction of sp³-hybridized carbons (Fsp3) is 0.526. The highest BCUT2D eigenvalue weighted by Crippen LogP contribution is 2.17. The van der Waals surface area contributed by atoms with E-state index < -0.39 is 0 Å². The lowest BCUT2D eigenvalue weighted by molar-refractivity contribution is -0.147. The van der Waals surface area contributed by atoms with Crippen LogP contribution in [0.1, 0.15) is 19.3 Å². The minimum absolute atomic E-state index is 0. The fourth-order valence-corrected chi connectivity index (χ4v) is 3.49. The zero-order valence-corrected chi connectivity index (χ0v) is 18.4. The maximum Gasteiger partial charge on any atom is 0.229 e. The molecule has 2 amide bonds. The number of hydrogen-bond donors (Lipinski definition) is 1. The molecule has 1 aromatic rings. The van der Waals surface area contributed by atoms with Gasteiger partial charge in [0, 0.05) is 64.8 Å². The molecule has 28 heavy (non-hydrogen) atoms. The minimum atomic E-state index is -0.229. The molecule has 2 fully saturated rings. The number of halogens is 2. The van der Waals surface area contributed by atoms with Crippen LogP contribution in [-0.4, -0.2) is 73.9 Å². The summed E-state index contributed by atoms with van der Waals surface area (Å²) < 4.78 is 13.1. The van der Waals surface area contributed by atoms with E-state index in [0.717, 1.165) is 37.8 Å². The van der Waals surface area contributed by atoms with E-state index in [0.29, 0.717) is 32.4 Å². The van der Waals surface area contributed by atoms with Gasteiger partial charge in [-0.1, -0.05) is 0 Å². The number of carbonyl (C=O) groups is 2. The first-order chi connectivity index (χ1) is 13.1. The maximum absolute atomic E-state index is 13.1. The van der Waals surface area contributed by atoms with Crippen molar-refractivity contribution in [3.8, 4) is 0 Å². The molecule has 0 unspecified atom stereocenters. The summed E-state index contributed by atoms with van der Waals surface area (Å²) in [5.74, 6) is 0.366. The molecule has 2 saturated heterocycles. The molecule has 0 bridgehead atoms. The lowest BCUT2D eigenvalue weighted by Gasteiger charge is -2.37. The Kier molecular flexibility index (Phi) is 8.46. The van der Waals surface area contributed by atoms with Gasteiger partial charge in [-0.3, -0.25) is 19.5 Å². The molecule has 2 aliphatic rings. The molecule has 2 aliphatic heterocycles. The molecule has 3 rings (SSSR count). The molecule has 0 atom stereocenters. The summed E-state index contributed by atoms with van der Waals surface area (Å²) in [5, 5.41) is 3.25. The number of guanidine groups is 1. The highest BCUT2D eigenvalue weighted by atomic mass is 127. The normalized spacial score (nSPS) is 18.2. The van der Waals surface area contributed by atoms with Crippen LogP contribution in [0.25, 0.3) is 0 Å². The summed E-state index contributed by atoms with van der Waals surface area (Å²) in [6.45, 7) is 4.07. The second kappa shape index (κ2) is 10.6. The van der Waals surface area contributed by atoms with Crippen LogP contribution in [0, 0.1) is 5.82 Å². The molecule has 1 N–H and O–H groups in total. The van der Waals surface area contributed by atoms with Gasteiger partial charge < -0.3 is 15.1 Å². The van der Waals surface area contributed by atoms with Crippen LogP contribution < -0.4 is 10.2 Å². The van der Waals surface area contributed by atoms with Gasteiger partial charge in [-0.05, 0) is 30.7 Å². The van der Waals surface area contributed by atoms with Crippen molar-refractivity contribution >= 4 is 47.4 Å². The average Bonchev–Trinajstić information content (AvgIpc) is 2.68. The van der Waals surface area contributed by atoms with Crippen LogP contribution in [-0.2, 0) is 9.59 Å². The van der Waals surface area contributed by atoms with Crippen molar-refractivity contribution in [2.75, 3.05) is 51.2 Å². The number of nitrogens with zero attached hydrogens (tertiary/aromatic N) is 4. The third-order valence-corrected chi connectivity index (χ3v) is 4.98. The van der Waals surface area contributed by atoms with Gasteiger partial charge in [0.1, 0.15) is 5.82 Å². The monoisotopic (exact) mass is 503 g/mol. The number of anilines is 1. The molecule has 0 spiro atoms. The molecular formula is C19H27FIN5O2. The molecule has 0 radical (unpaired) electrons. The topological polar surface area (TPSA) is 68.2 Å². The highest BCUT2D eigenvalue weighted by Gasteiger charge is 2.25. The number of imide groups is 1. The molecule has 7 nitrogen and oxygen atoms in total. The van der Waals surface area contributed by atoms with Gasteiger partial charge >= 0.3 is 0 Å². The summed E-state index contributed by atoms with van der Waals surface area (Å²) in [6.07, 6.45) is 1.55. The lowest BCUT2D eigenvalue weighted by atomic mass is 10.1. The third kappa shape index (κ3) is 5.55. The molecular weight excluding hydrogens is 476 g/mol. The Morgan fingerprint density at radius 3 is 2.25 bits per heavy atom. The van der Waals surface area contributed by atoms with Gasteiger partial charge in [-0.15, -0.1) is 24.0 Å². The van der Waals surface area contributed by atoms with Crippen molar-refractivity contribution in [1.29, 1.82) is 0 Å². The lowest BCUT2D eigenvalue weighted by Crippen LogP contribution is -2.53. The molecule has 9 heteroatoms. The number of hydrogen-bond acceptors (Lipinski definition) is 4. The van der Waals surface area contributed by atoms with Gasteiger partial charge in [0.25, 0.3) is 0 Å². The maximum atomic E-state index is 13.1. The first kappa shape index (κ1) is 22.4. The van der Waals surface area contributed by atoms with E-state index in [1.807, 2.05) is 0 Å². The van der Waals surface area contributed by atoms with Crippen LogP contribution in [0.15, 0.2) is 29.3 Å². The number of aliphatic imine (C=N–C) groups is 1. The van der Waals surface area contributed by atoms with E-state index >= 15 is 0 Å². The van der Waals surface area contributed by atoms with Crippen molar-refractivity contribution in [2.45, 2.75) is 19.3 Å². The standard InChI is InChI=1S/C19H26FN5O2.HI/c1-21-19(22-9-10-25-17(26)3-2-4-18(25)27)24-13-11-23(12-14-24)16-7-5-15(20)6-8-16;/h5-8H,2-4,9-14H2,1H3,(H,21,22);1H. The van der Waals surface area contributed by atoms with Gasteiger partial charge in [0.05, 0.1) is 0 Å².